The third kappa shape index (κ3) is 4.06. The quantitative estimate of drug-likeness (QED) is 0.419. The predicted molar refractivity (Wildman–Crippen MR) is 127 cm³/mol. The molecule has 1 atom stereocenters. The number of hydrogen-bond donors (Lipinski definition) is 0. The molecule has 0 saturated carbocycles. The molecule has 2 aromatic carbocycles. The monoisotopic (exact) mass is 491 g/mol. The molecule has 0 amide bonds. The number of aliphatic imine (C=N–C) groups is 1. The van der Waals surface area contributed by atoms with Crippen LogP contribution in [-0.2, 0) is 6.54 Å². The molecule has 0 aliphatic carbocycles. The van der Waals surface area contributed by atoms with Gasteiger partial charge in [-0.25, -0.2) is 8.78 Å². The lowest BCUT2D eigenvalue weighted by atomic mass is 10.0. The van der Waals surface area contributed by atoms with E-state index in [0.717, 1.165) is 28.3 Å². The SMILES string of the molecule is CC1=C2C=NN(Cc3cc(-c4ccc5c(c4)OC(F)O5)co3)C=C2N=C(c2cccc(F)c2F)CC1. The molecule has 9 heteroatoms. The van der Waals surface area contributed by atoms with Crippen molar-refractivity contribution >= 4 is 11.9 Å². The van der Waals surface area contributed by atoms with E-state index in [-0.39, 0.29) is 5.56 Å². The lowest BCUT2D eigenvalue weighted by molar-refractivity contribution is -0.0652. The molecule has 0 saturated heterocycles. The predicted octanol–water partition coefficient (Wildman–Crippen LogP) is 6.49. The first-order valence-electron chi connectivity index (χ1n) is 11.4. The topological polar surface area (TPSA) is 59.6 Å². The minimum Gasteiger partial charge on any atom is -0.467 e. The van der Waals surface area contributed by atoms with Crippen molar-refractivity contribution in [3.63, 3.8) is 0 Å². The second kappa shape index (κ2) is 8.75. The molecule has 1 unspecified atom stereocenters. The molecule has 0 spiro atoms. The number of alkyl halides is 1. The fourth-order valence-electron chi connectivity index (χ4n) is 4.39. The van der Waals surface area contributed by atoms with Crippen LogP contribution in [0.3, 0.4) is 0 Å². The Kier molecular flexibility index (Phi) is 5.40. The van der Waals surface area contributed by atoms with Gasteiger partial charge in [-0.15, -0.1) is 0 Å². The summed E-state index contributed by atoms with van der Waals surface area (Å²) in [6.07, 6.45) is 6.25. The van der Waals surface area contributed by atoms with Crippen molar-refractivity contribution in [3.05, 3.63) is 94.7 Å². The van der Waals surface area contributed by atoms with Crippen LogP contribution in [0.5, 0.6) is 11.5 Å². The number of benzene rings is 2. The Bertz CT molecular complexity index is 1490. The zero-order valence-electron chi connectivity index (χ0n) is 19.2. The molecule has 36 heavy (non-hydrogen) atoms. The Labute approximate surface area is 204 Å². The van der Waals surface area contributed by atoms with Crippen LogP contribution in [0.2, 0.25) is 0 Å². The van der Waals surface area contributed by atoms with Crippen LogP contribution in [0.25, 0.3) is 11.1 Å². The number of hydrazone groups is 1. The van der Waals surface area contributed by atoms with E-state index in [1.54, 1.807) is 48.0 Å². The number of nitrogens with zero attached hydrogens (tertiary/aromatic N) is 3. The fourth-order valence-corrected chi connectivity index (χ4v) is 4.39. The molecule has 6 nitrogen and oxygen atoms in total. The van der Waals surface area contributed by atoms with Crippen molar-refractivity contribution in [1.29, 1.82) is 0 Å². The number of halogens is 3. The third-order valence-electron chi connectivity index (χ3n) is 6.28. The van der Waals surface area contributed by atoms with E-state index in [4.69, 9.17) is 18.9 Å². The second-order valence-corrected chi connectivity index (χ2v) is 8.68. The van der Waals surface area contributed by atoms with Crippen LogP contribution in [0.4, 0.5) is 13.2 Å². The lowest BCUT2D eigenvalue weighted by Crippen LogP contribution is -2.16. The Hall–Kier alpha value is -4.27. The lowest BCUT2D eigenvalue weighted by Gasteiger charge is -2.19. The van der Waals surface area contributed by atoms with Gasteiger partial charge in [-0.05, 0) is 55.7 Å². The van der Waals surface area contributed by atoms with Gasteiger partial charge in [0, 0.05) is 16.7 Å². The summed E-state index contributed by atoms with van der Waals surface area (Å²) in [5.74, 6) is -0.471. The molecule has 3 aliphatic rings. The standard InChI is InChI=1S/C27H20F3N3O3/c1-15-5-7-22(19-3-2-4-21(28)26(19)29)32-23-13-33(31-11-20(15)23)12-18-9-17(14-34-18)16-6-8-24-25(10-16)36-27(30)35-24/h2-4,6,8-11,13-14,27H,5,7,12H2,1H3. The number of hydrogen-bond acceptors (Lipinski definition) is 6. The van der Waals surface area contributed by atoms with Gasteiger partial charge >= 0.3 is 6.54 Å². The van der Waals surface area contributed by atoms with Gasteiger partial charge in [0.05, 0.1) is 36.6 Å². The summed E-state index contributed by atoms with van der Waals surface area (Å²) in [4.78, 5) is 4.70. The highest BCUT2D eigenvalue weighted by molar-refractivity contribution is 6.03. The molecule has 1 aromatic heterocycles. The molecule has 3 aliphatic heterocycles. The Morgan fingerprint density at radius 1 is 1.03 bits per heavy atom. The van der Waals surface area contributed by atoms with Crippen molar-refractivity contribution < 1.29 is 27.1 Å². The molecule has 3 aromatic rings. The highest BCUT2D eigenvalue weighted by Crippen LogP contribution is 2.39. The number of furan rings is 1. The molecule has 0 bridgehead atoms. The van der Waals surface area contributed by atoms with Gasteiger partial charge in [0.1, 0.15) is 5.76 Å². The average Bonchev–Trinajstić information content (AvgIpc) is 3.44. The van der Waals surface area contributed by atoms with Crippen LogP contribution in [0, 0.1) is 11.6 Å². The maximum Gasteiger partial charge on any atom is 0.397 e. The molecule has 182 valence electrons. The summed E-state index contributed by atoms with van der Waals surface area (Å²) in [5.41, 5.74) is 4.79. The normalized spacial score (nSPS) is 18.7. The van der Waals surface area contributed by atoms with E-state index in [2.05, 4.69) is 5.10 Å². The maximum atomic E-state index is 14.5. The largest absolute Gasteiger partial charge is 0.467 e. The zero-order chi connectivity index (χ0) is 24.8. The van der Waals surface area contributed by atoms with Gasteiger partial charge in [-0.2, -0.15) is 9.49 Å². The molecule has 6 rings (SSSR count). The summed E-state index contributed by atoms with van der Waals surface area (Å²) in [6.45, 7) is 0.510. The Balaban J connectivity index is 1.25. The summed E-state index contributed by atoms with van der Waals surface area (Å²) in [5, 5.41) is 6.18. The number of fused-ring (bicyclic) bond motifs is 2. The van der Waals surface area contributed by atoms with Crippen molar-refractivity contribution in [1.82, 2.24) is 5.01 Å². The third-order valence-corrected chi connectivity index (χ3v) is 6.28. The van der Waals surface area contributed by atoms with E-state index in [1.807, 2.05) is 13.0 Å². The van der Waals surface area contributed by atoms with E-state index in [1.165, 1.54) is 6.07 Å². The minimum atomic E-state index is -1.80. The van der Waals surface area contributed by atoms with Crippen LogP contribution in [-0.4, -0.2) is 23.5 Å². The first kappa shape index (κ1) is 22.2. The molecule has 0 fully saturated rings. The van der Waals surface area contributed by atoms with Gasteiger partial charge in [0.15, 0.2) is 23.1 Å². The zero-order valence-corrected chi connectivity index (χ0v) is 19.2. The van der Waals surface area contributed by atoms with E-state index >= 15 is 0 Å². The second-order valence-electron chi connectivity index (χ2n) is 8.68. The van der Waals surface area contributed by atoms with Gasteiger partial charge in [0.2, 0.25) is 0 Å². The summed E-state index contributed by atoms with van der Waals surface area (Å²) < 4.78 is 57.3. The van der Waals surface area contributed by atoms with Crippen LogP contribution in [0.1, 0.15) is 31.1 Å². The first-order valence-corrected chi connectivity index (χ1v) is 11.4. The molecular weight excluding hydrogens is 471 g/mol. The van der Waals surface area contributed by atoms with Crippen molar-refractivity contribution in [3.8, 4) is 22.6 Å². The molecule has 4 heterocycles. The van der Waals surface area contributed by atoms with Gasteiger partial charge in [-0.1, -0.05) is 17.7 Å². The number of rotatable bonds is 4. The average molecular weight is 491 g/mol. The van der Waals surface area contributed by atoms with E-state index in [9.17, 15) is 13.2 Å². The van der Waals surface area contributed by atoms with E-state index in [0.29, 0.717) is 48.1 Å². The maximum absolute atomic E-state index is 14.5. The first-order chi connectivity index (χ1) is 17.4. The Morgan fingerprint density at radius 3 is 2.78 bits per heavy atom. The Morgan fingerprint density at radius 2 is 1.89 bits per heavy atom. The van der Waals surface area contributed by atoms with Crippen LogP contribution < -0.4 is 9.47 Å². The van der Waals surface area contributed by atoms with Crippen LogP contribution in [0.15, 0.2) is 86.3 Å². The smallest absolute Gasteiger partial charge is 0.397 e. The summed E-state index contributed by atoms with van der Waals surface area (Å²) in [7, 11) is 0. The van der Waals surface area contributed by atoms with Gasteiger partial charge < -0.3 is 13.9 Å². The van der Waals surface area contributed by atoms with Crippen LogP contribution >= 0.6 is 0 Å². The molecular formula is C27H20F3N3O3. The van der Waals surface area contributed by atoms with Crippen molar-refractivity contribution in [2.75, 3.05) is 0 Å². The number of ether oxygens (including phenoxy) is 2. The highest BCUT2D eigenvalue weighted by atomic mass is 19.2. The van der Waals surface area contributed by atoms with Gasteiger partial charge in [-0.3, -0.25) is 10.0 Å². The van der Waals surface area contributed by atoms with Gasteiger partial charge in [0.25, 0.3) is 0 Å². The summed E-state index contributed by atoms with van der Waals surface area (Å²) >= 11 is 0. The van der Waals surface area contributed by atoms with Crippen molar-refractivity contribution in [2.45, 2.75) is 32.9 Å². The molecule has 0 N–H and O–H groups in total. The fraction of sp³-hybridized carbons (Fsp3) is 0.185. The highest BCUT2D eigenvalue weighted by Gasteiger charge is 2.24. The number of allylic oxidation sites excluding steroid dienone is 2. The molecule has 0 radical (unpaired) electrons. The van der Waals surface area contributed by atoms with Crippen molar-refractivity contribution in [2.24, 2.45) is 10.1 Å². The summed E-state index contributed by atoms with van der Waals surface area (Å²) in [6, 6.07) is 11.1. The minimum absolute atomic E-state index is 0.164. The van der Waals surface area contributed by atoms with E-state index < -0.39 is 18.2 Å².